The summed E-state index contributed by atoms with van der Waals surface area (Å²) in [6, 6.07) is 18.3. The van der Waals surface area contributed by atoms with Gasteiger partial charge < -0.3 is 30.0 Å². The number of allylic oxidation sites excluding steroid dienone is 3. The van der Waals surface area contributed by atoms with Gasteiger partial charge in [-0.1, -0.05) is 29.8 Å². The summed E-state index contributed by atoms with van der Waals surface area (Å²) in [7, 11) is 3.18. The second kappa shape index (κ2) is 12.0. The number of aromatic hydroxyl groups is 1. The van der Waals surface area contributed by atoms with Gasteiger partial charge in [0.1, 0.15) is 0 Å². The molecule has 5 rings (SSSR count). The van der Waals surface area contributed by atoms with Crippen molar-refractivity contribution in [1.82, 2.24) is 5.32 Å². The van der Waals surface area contributed by atoms with Crippen molar-refractivity contribution in [3.63, 3.8) is 0 Å². The third-order valence-electron chi connectivity index (χ3n) is 7.88. The summed E-state index contributed by atoms with van der Waals surface area (Å²) in [6.07, 6.45) is 0.850. The van der Waals surface area contributed by atoms with Crippen molar-refractivity contribution in [1.29, 1.82) is 0 Å². The van der Waals surface area contributed by atoms with Crippen molar-refractivity contribution >= 4 is 17.4 Å². The molecule has 0 spiro atoms. The molecule has 0 radical (unpaired) electrons. The van der Waals surface area contributed by atoms with E-state index in [2.05, 4.69) is 10.6 Å². The molecule has 0 fully saturated rings. The van der Waals surface area contributed by atoms with Crippen LogP contribution in [0, 0.1) is 6.92 Å². The van der Waals surface area contributed by atoms with Crippen LogP contribution in [0.1, 0.15) is 55.2 Å². The van der Waals surface area contributed by atoms with Gasteiger partial charge in [0.25, 0.3) is 5.91 Å². The van der Waals surface area contributed by atoms with Crippen LogP contribution in [0.5, 0.6) is 23.0 Å². The summed E-state index contributed by atoms with van der Waals surface area (Å²) in [5.41, 5.74) is 5.85. The first-order valence-corrected chi connectivity index (χ1v) is 14.0. The third-order valence-corrected chi connectivity index (χ3v) is 7.88. The molecule has 0 bridgehead atoms. The number of hydrogen-bond acceptors (Lipinski definition) is 7. The number of amides is 1. The van der Waals surface area contributed by atoms with Crippen molar-refractivity contribution in [2.75, 3.05) is 26.1 Å². The molecule has 2 aliphatic rings. The van der Waals surface area contributed by atoms with Crippen molar-refractivity contribution in [2.45, 2.75) is 45.4 Å². The summed E-state index contributed by atoms with van der Waals surface area (Å²) in [5, 5.41) is 16.8. The second-order valence-electron chi connectivity index (χ2n) is 10.6. The van der Waals surface area contributed by atoms with Crippen molar-refractivity contribution in [3.8, 4) is 23.0 Å². The Bertz CT molecular complexity index is 1590. The zero-order valence-electron chi connectivity index (χ0n) is 24.5. The largest absolute Gasteiger partial charge is 0.504 e. The number of rotatable bonds is 8. The van der Waals surface area contributed by atoms with Crippen LogP contribution in [-0.2, 0) is 9.59 Å². The van der Waals surface area contributed by atoms with Crippen LogP contribution in [0.15, 0.2) is 83.2 Å². The number of carbonyl (C=O) groups excluding carboxylic acids is 2. The Morgan fingerprint density at radius 2 is 1.62 bits per heavy atom. The van der Waals surface area contributed by atoms with Gasteiger partial charge in [0.05, 0.1) is 20.8 Å². The van der Waals surface area contributed by atoms with E-state index in [-0.39, 0.29) is 29.8 Å². The Morgan fingerprint density at radius 3 is 2.31 bits per heavy atom. The first-order chi connectivity index (χ1) is 20.2. The second-order valence-corrected chi connectivity index (χ2v) is 10.6. The highest BCUT2D eigenvalue weighted by atomic mass is 16.5. The van der Waals surface area contributed by atoms with E-state index in [1.807, 2.05) is 63.2 Å². The van der Waals surface area contributed by atoms with E-state index in [9.17, 15) is 14.7 Å². The van der Waals surface area contributed by atoms with E-state index in [1.54, 1.807) is 32.4 Å². The molecule has 2 atom stereocenters. The molecular formula is C34H36N2O6. The Balaban J connectivity index is 1.57. The lowest BCUT2D eigenvalue weighted by Crippen LogP contribution is -2.37. The number of Topliss-reactive ketones (excluding diaryl/α,β-unsaturated/α-hetero) is 1. The van der Waals surface area contributed by atoms with E-state index in [1.165, 1.54) is 0 Å². The predicted octanol–water partition coefficient (Wildman–Crippen LogP) is 6.12. The lowest BCUT2D eigenvalue weighted by molar-refractivity contribution is -0.116. The molecule has 1 heterocycles. The molecule has 218 valence electrons. The lowest BCUT2D eigenvalue weighted by Gasteiger charge is -2.37. The number of phenolic OH excluding ortho intramolecular Hbond substituents is 1. The number of nitrogens with one attached hydrogen (secondary N) is 2. The number of carbonyl (C=O) groups is 2. The van der Waals surface area contributed by atoms with Crippen molar-refractivity contribution in [3.05, 3.63) is 99.9 Å². The van der Waals surface area contributed by atoms with E-state index in [0.29, 0.717) is 58.4 Å². The first kappa shape index (κ1) is 28.8. The fourth-order valence-electron chi connectivity index (χ4n) is 5.83. The number of benzene rings is 3. The van der Waals surface area contributed by atoms with Gasteiger partial charge in [-0.05, 0) is 80.6 Å². The average Bonchev–Trinajstić information content (AvgIpc) is 2.98. The van der Waals surface area contributed by atoms with Gasteiger partial charge in [0.2, 0.25) is 0 Å². The zero-order valence-corrected chi connectivity index (χ0v) is 24.5. The molecule has 3 aromatic carbocycles. The summed E-state index contributed by atoms with van der Waals surface area (Å²) in [6.45, 7) is 6.03. The average molecular weight is 569 g/mol. The minimum Gasteiger partial charge on any atom is -0.504 e. The quantitative estimate of drug-likeness (QED) is 0.301. The van der Waals surface area contributed by atoms with Crippen LogP contribution in [0.3, 0.4) is 0 Å². The van der Waals surface area contributed by atoms with E-state index >= 15 is 0 Å². The molecule has 3 aromatic rings. The maximum atomic E-state index is 14.0. The molecule has 0 unspecified atom stereocenters. The fraction of sp³-hybridized carbons (Fsp3) is 0.294. The van der Waals surface area contributed by atoms with Crippen LogP contribution >= 0.6 is 0 Å². The maximum Gasteiger partial charge on any atom is 0.254 e. The molecule has 1 amide bonds. The Kier molecular flexibility index (Phi) is 8.24. The van der Waals surface area contributed by atoms with E-state index in [0.717, 1.165) is 16.8 Å². The van der Waals surface area contributed by atoms with Gasteiger partial charge in [-0.15, -0.1) is 0 Å². The number of phenols is 1. The SMILES string of the molecule is CCOc1cc([C@@H]2C(C(=O)Nc3ccc(C)cc3)=C(C)NC3=C2C(=O)C[C@H](c2ccc(OC)c(OC)c2)C3)ccc1O. The molecule has 0 saturated heterocycles. The van der Waals surface area contributed by atoms with Gasteiger partial charge >= 0.3 is 0 Å². The van der Waals surface area contributed by atoms with Crippen LogP contribution in [-0.4, -0.2) is 37.6 Å². The third kappa shape index (κ3) is 5.57. The number of anilines is 1. The fourth-order valence-corrected chi connectivity index (χ4v) is 5.83. The van der Waals surface area contributed by atoms with Crippen LogP contribution in [0.2, 0.25) is 0 Å². The number of aryl methyl sites for hydroxylation is 1. The van der Waals surface area contributed by atoms with Gasteiger partial charge in [0, 0.05) is 40.6 Å². The zero-order chi connectivity index (χ0) is 30.0. The molecular weight excluding hydrogens is 532 g/mol. The summed E-state index contributed by atoms with van der Waals surface area (Å²) in [5.74, 6) is 0.449. The molecule has 42 heavy (non-hydrogen) atoms. The number of dihydropyridines is 1. The predicted molar refractivity (Wildman–Crippen MR) is 161 cm³/mol. The molecule has 1 aliphatic carbocycles. The number of ether oxygens (including phenoxy) is 3. The summed E-state index contributed by atoms with van der Waals surface area (Å²) in [4.78, 5) is 27.9. The van der Waals surface area contributed by atoms with Gasteiger partial charge in [-0.25, -0.2) is 0 Å². The minimum absolute atomic E-state index is 0.00131. The first-order valence-electron chi connectivity index (χ1n) is 14.0. The Morgan fingerprint density at radius 1 is 0.929 bits per heavy atom. The molecule has 8 heteroatoms. The number of hydrogen-bond donors (Lipinski definition) is 3. The van der Waals surface area contributed by atoms with Crippen LogP contribution < -0.4 is 24.8 Å². The van der Waals surface area contributed by atoms with Crippen LogP contribution in [0.4, 0.5) is 5.69 Å². The number of ketones is 1. The van der Waals surface area contributed by atoms with E-state index in [4.69, 9.17) is 14.2 Å². The van der Waals surface area contributed by atoms with Gasteiger partial charge in [-0.2, -0.15) is 0 Å². The monoisotopic (exact) mass is 568 g/mol. The van der Waals surface area contributed by atoms with Crippen molar-refractivity contribution < 1.29 is 28.9 Å². The topological polar surface area (TPSA) is 106 Å². The highest BCUT2D eigenvalue weighted by molar-refractivity contribution is 6.10. The Labute approximate surface area is 246 Å². The maximum absolute atomic E-state index is 14.0. The molecule has 0 saturated carbocycles. The lowest BCUT2D eigenvalue weighted by atomic mass is 9.71. The minimum atomic E-state index is -0.648. The van der Waals surface area contributed by atoms with E-state index < -0.39 is 5.92 Å². The highest BCUT2D eigenvalue weighted by Crippen LogP contribution is 2.47. The molecule has 0 aromatic heterocycles. The standard InChI is InChI=1S/C34H36N2O6/c1-6-42-29-18-22(9-13-26(29)37)32-31(34(39)36-24-11-7-19(2)8-12-24)20(3)35-25-15-23(16-27(38)33(25)32)21-10-14-28(40-4)30(17-21)41-5/h7-14,17-18,23,32,35,37H,6,15-16H2,1-5H3,(H,36,39)/t23-,32-/m1/s1. The normalized spacial score (nSPS) is 18.3. The van der Waals surface area contributed by atoms with Crippen molar-refractivity contribution in [2.24, 2.45) is 0 Å². The summed E-state index contributed by atoms with van der Waals surface area (Å²) >= 11 is 0. The number of methoxy groups -OCH3 is 2. The van der Waals surface area contributed by atoms with Gasteiger partial charge in [-0.3, -0.25) is 9.59 Å². The highest BCUT2D eigenvalue weighted by Gasteiger charge is 2.41. The molecule has 8 nitrogen and oxygen atoms in total. The van der Waals surface area contributed by atoms with Crippen LogP contribution in [0.25, 0.3) is 0 Å². The summed E-state index contributed by atoms with van der Waals surface area (Å²) < 4.78 is 16.6. The molecule has 1 aliphatic heterocycles. The molecule has 3 N–H and O–H groups in total. The Hall–Kier alpha value is -4.72. The smallest absolute Gasteiger partial charge is 0.254 e. The van der Waals surface area contributed by atoms with Gasteiger partial charge in [0.15, 0.2) is 28.8 Å².